The zero-order valence-electron chi connectivity index (χ0n) is 19.8. The summed E-state index contributed by atoms with van der Waals surface area (Å²) in [5.41, 5.74) is 2.03. The highest BCUT2D eigenvalue weighted by Crippen LogP contribution is 2.46. The van der Waals surface area contributed by atoms with Gasteiger partial charge in [0, 0.05) is 17.8 Å². The zero-order valence-corrected chi connectivity index (χ0v) is 21.4. The molecular weight excluding hydrogens is 514 g/mol. The van der Waals surface area contributed by atoms with E-state index in [2.05, 4.69) is 10.3 Å². The highest BCUT2D eigenvalue weighted by molar-refractivity contribution is 7.80. The van der Waals surface area contributed by atoms with Crippen LogP contribution >= 0.6 is 23.8 Å². The summed E-state index contributed by atoms with van der Waals surface area (Å²) >= 11 is 12.2. The quantitative estimate of drug-likeness (QED) is 0.281. The van der Waals surface area contributed by atoms with Crippen LogP contribution in [0.4, 0.5) is 5.69 Å². The molecule has 1 aliphatic rings. The Morgan fingerprint density at radius 2 is 1.95 bits per heavy atom. The van der Waals surface area contributed by atoms with E-state index in [0.717, 1.165) is 5.69 Å². The lowest BCUT2D eigenvalue weighted by Gasteiger charge is -2.27. The number of anilines is 1. The molecule has 0 spiro atoms. The molecule has 0 radical (unpaired) electrons. The van der Waals surface area contributed by atoms with Crippen LogP contribution in [0.15, 0.2) is 77.3 Å². The fourth-order valence-corrected chi connectivity index (χ4v) is 4.94. The number of carboxylic acids is 1. The summed E-state index contributed by atoms with van der Waals surface area (Å²) < 4.78 is 17.4. The number of furan rings is 1. The molecule has 37 heavy (non-hydrogen) atoms. The van der Waals surface area contributed by atoms with Crippen molar-refractivity contribution in [1.29, 1.82) is 0 Å². The molecule has 2 aromatic carbocycles. The summed E-state index contributed by atoms with van der Waals surface area (Å²) in [5, 5.41) is 13.6. The van der Waals surface area contributed by atoms with Gasteiger partial charge in [-0.15, -0.1) is 0 Å². The minimum atomic E-state index is -1.05. The van der Waals surface area contributed by atoms with E-state index in [4.69, 9.17) is 37.7 Å². The Hall–Kier alpha value is -4.08. The predicted molar refractivity (Wildman–Crippen MR) is 144 cm³/mol. The van der Waals surface area contributed by atoms with E-state index < -0.39 is 12.0 Å². The van der Waals surface area contributed by atoms with Crippen molar-refractivity contribution in [2.75, 3.05) is 19.1 Å². The number of nitrogens with zero attached hydrogens (tertiary/aromatic N) is 2. The summed E-state index contributed by atoms with van der Waals surface area (Å²) in [6.07, 6.45) is 1.72. The Kier molecular flexibility index (Phi) is 6.73. The Morgan fingerprint density at radius 1 is 1.11 bits per heavy atom. The van der Waals surface area contributed by atoms with E-state index in [9.17, 15) is 9.90 Å². The number of aromatic carboxylic acids is 1. The Bertz CT molecular complexity index is 1480. The average molecular weight is 536 g/mol. The highest BCUT2D eigenvalue weighted by Gasteiger charge is 2.43. The summed E-state index contributed by atoms with van der Waals surface area (Å²) in [6, 6.07) is 18.4. The molecule has 0 aliphatic carbocycles. The van der Waals surface area contributed by atoms with Crippen LogP contribution in [0.2, 0.25) is 5.02 Å². The number of benzene rings is 2. The second kappa shape index (κ2) is 10.1. The number of aromatic nitrogens is 1. The van der Waals surface area contributed by atoms with Gasteiger partial charge in [-0.25, -0.2) is 4.79 Å². The zero-order chi connectivity index (χ0) is 26.1. The summed E-state index contributed by atoms with van der Waals surface area (Å²) in [6.45, 7) is 0. The number of halogens is 1. The van der Waals surface area contributed by atoms with E-state index in [1.54, 1.807) is 32.5 Å². The van der Waals surface area contributed by atoms with E-state index in [1.807, 2.05) is 47.4 Å². The number of methoxy groups -OCH3 is 2. The van der Waals surface area contributed by atoms with Gasteiger partial charge in [-0.1, -0.05) is 17.7 Å². The molecule has 188 valence electrons. The third kappa shape index (κ3) is 4.59. The van der Waals surface area contributed by atoms with Crippen molar-refractivity contribution in [3.8, 4) is 22.8 Å². The van der Waals surface area contributed by atoms with Gasteiger partial charge in [0.1, 0.15) is 29.1 Å². The molecule has 2 atom stereocenters. The normalized spacial score (nSPS) is 16.9. The Balaban J connectivity index is 1.65. The standard InChI is InChI=1S/C27H22ClN3O5S/c1-34-16-7-9-22(35-2)20(14-16)31-25(24(30-27(31)37)19-5-3-4-12-29-19)23-11-10-21(36-23)17-13-15(26(32)33)6-8-18(17)28/h3-14,24-25H,1-2H3,(H,30,37)(H,32,33)/t24-,25-/m0/s1. The van der Waals surface area contributed by atoms with Gasteiger partial charge in [-0.3, -0.25) is 4.98 Å². The number of carbonyl (C=O) groups is 1. The van der Waals surface area contributed by atoms with Crippen LogP contribution in [0.1, 0.15) is 33.9 Å². The largest absolute Gasteiger partial charge is 0.497 e. The second-order valence-corrected chi connectivity index (χ2v) is 9.03. The average Bonchev–Trinajstić information content (AvgIpc) is 3.53. The molecule has 2 N–H and O–H groups in total. The summed E-state index contributed by atoms with van der Waals surface area (Å²) in [4.78, 5) is 18.0. The van der Waals surface area contributed by atoms with Crippen molar-refractivity contribution in [2.45, 2.75) is 12.1 Å². The van der Waals surface area contributed by atoms with Gasteiger partial charge in [0.05, 0.1) is 42.2 Å². The van der Waals surface area contributed by atoms with Crippen molar-refractivity contribution < 1.29 is 23.8 Å². The number of hydrogen-bond donors (Lipinski definition) is 2. The molecule has 0 amide bonds. The molecule has 4 aromatic rings. The molecule has 3 heterocycles. The van der Waals surface area contributed by atoms with Crippen LogP contribution in [0, 0.1) is 0 Å². The number of ether oxygens (including phenoxy) is 2. The van der Waals surface area contributed by atoms with Crippen molar-refractivity contribution in [3.63, 3.8) is 0 Å². The molecule has 8 nitrogen and oxygen atoms in total. The van der Waals surface area contributed by atoms with Crippen LogP contribution in [-0.2, 0) is 0 Å². The Labute approximate surface area is 223 Å². The van der Waals surface area contributed by atoms with Gasteiger partial charge in [-0.2, -0.15) is 0 Å². The molecule has 2 aromatic heterocycles. The number of rotatable bonds is 7. The van der Waals surface area contributed by atoms with E-state index in [0.29, 0.717) is 44.4 Å². The van der Waals surface area contributed by atoms with E-state index in [1.165, 1.54) is 12.1 Å². The van der Waals surface area contributed by atoms with E-state index in [-0.39, 0.29) is 11.6 Å². The maximum atomic E-state index is 11.5. The van der Waals surface area contributed by atoms with Crippen LogP contribution in [0.25, 0.3) is 11.3 Å². The number of thiocarbonyl (C=S) groups is 1. The molecule has 0 bridgehead atoms. The second-order valence-electron chi connectivity index (χ2n) is 8.24. The van der Waals surface area contributed by atoms with Crippen LogP contribution in [0.3, 0.4) is 0 Å². The molecule has 10 heteroatoms. The monoisotopic (exact) mass is 535 g/mol. The lowest BCUT2D eigenvalue weighted by Crippen LogP contribution is -2.29. The van der Waals surface area contributed by atoms with Crippen molar-refractivity contribution in [3.05, 3.63) is 95.0 Å². The molecule has 1 aliphatic heterocycles. The number of nitrogens with one attached hydrogen (secondary N) is 1. The first kappa shape index (κ1) is 24.6. The van der Waals surface area contributed by atoms with Gasteiger partial charge < -0.3 is 29.2 Å². The predicted octanol–water partition coefficient (Wildman–Crippen LogP) is 5.89. The molecule has 0 unspecified atom stereocenters. The van der Waals surface area contributed by atoms with Crippen LogP contribution in [0.5, 0.6) is 11.5 Å². The van der Waals surface area contributed by atoms with Gasteiger partial charge in [0.2, 0.25) is 0 Å². The van der Waals surface area contributed by atoms with Crippen molar-refractivity contribution >= 4 is 40.6 Å². The lowest BCUT2D eigenvalue weighted by molar-refractivity contribution is 0.0697. The van der Waals surface area contributed by atoms with Gasteiger partial charge in [0.25, 0.3) is 0 Å². The third-order valence-corrected chi connectivity index (χ3v) is 6.78. The SMILES string of the molecule is COc1ccc(OC)c(N2C(=S)N[C@@H](c3ccccn3)[C@@H]2c2ccc(-c3cc(C(=O)O)ccc3Cl)o2)c1. The third-order valence-electron chi connectivity index (χ3n) is 6.14. The maximum Gasteiger partial charge on any atom is 0.335 e. The minimum Gasteiger partial charge on any atom is -0.497 e. The molecule has 5 rings (SSSR count). The topological polar surface area (TPSA) is 97.1 Å². The molecule has 1 saturated heterocycles. The first-order chi connectivity index (χ1) is 17.9. The lowest BCUT2D eigenvalue weighted by atomic mass is 10.0. The summed E-state index contributed by atoms with van der Waals surface area (Å²) in [5.74, 6) is 1.18. The first-order valence-electron chi connectivity index (χ1n) is 11.3. The Morgan fingerprint density at radius 3 is 2.65 bits per heavy atom. The number of hydrogen-bond acceptors (Lipinski definition) is 6. The van der Waals surface area contributed by atoms with Crippen molar-refractivity contribution in [1.82, 2.24) is 10.3 Å². The molecule has 1 fully saturated rings. The fourth-order valence-electron chi connectivity index (χ4n) is 4.39. The van der Waals surface area contributed by atoms with Gasteiger partial charge in [0.15, 0.2) is 5.11 Å². The van der Waals surface area contributed by atoms with Gasteiger partial charge in [-0.05, 0) is 66.8 Å². The summed E-state index contributed by atoms with van der Waals surface area (Å²) in [7, 11) is 3.18. The number of pyridine rings is 1. The van der Waals surface area contributed by atoms with E-state index >= 15 is 0 Å². The minimum absolute atomic E-state index is 0.107. The smallest absolute Gasteiger partial charge is 0.335 e. The van der Waals surface area contributed by atoms with Crippen LogP contribution in [-0.4, -0.2) is 35.4 Å². The fraction of sp³-hybridized carbons (Fsp3) is 0.148. The van der Waals surface area contributed by atoms with Crippen LogP contribution < -0.4 is 19.7 Å². The van der Waals surface area contributed by atoms with Crippen molar-refractivity contribution in [2.24, 2.45) is 0 Å². The highest BCUT2D eigenvalue weighted by atomic mass is 35.5. The molecular formula is C27H22ClN3O5S. The first-order valence-corrected chi connectivity index (χ1v) is 12.1. The molecule has 0 saturated carbocycles. The maximum absolute atomic E-state index is 11.5. The number of carboxylic acid groups (broad SMARTS) is 1. The van der Waals surface area contributed by atoms with Gasteiger partial charge >= 0.3 is 5.97 Å².